The first kappa shape index (κ1) is 24.0. The summed E-state index contributed by atoms with van der Waals surface area (Å²) in [6, 6.07) is 7.58. The number of hydrogen-bond acceptors (Lipinski definition) is 4. The fourth-order valence-electron chi connectivity index (χ4n) is 2.58. The van der Waals surface area contributed by atoms with Crippen molar-refractivity contribution in [3.63, 3.8) is 0 Å². The highest BCUT2D eigenvalue weighted by Gasteiger charge is 2.25. The topological polar surface area (TPSA) is 93.4 Å². The zero-order chi connectivity index (χ0) is 21.4. The fraction of sp³-hybridized carbons (Fsp3) is 0.636. The lowest BCUT2D eigenvalue weighted by molar-refractivity contribution is -0.123. The van der Waals surface area contributed by atoms with Crippen molar-refractivity contribution in [2.24, 2.45) is 5.73 Å². The SMILES string of the molecule is CCCCC(NC(=O)OC(C)(C)CN)C(=O)NCc1ccc(C(C)(C)C)cc1. The van der Waals surface area contributed by atoms with Crippen molar-refractivity contribution in [3.8, 4) is 0 Å². The van der Waals surface area contributed by atoms with Gasteiger partial charge in [0, 0.05) is 13.1 Å². The average molecular weight is 392 g/mol. The summed E-state index contributed by atoms with van der Waals surface area (Å²) in [5.41, 5.74) is 7.17. The second-order valence-electron chi connectivity index (χ2n) is 8.86. The lowest BCUT2D eigenvalue weighted by Crippen LogP contribution is -2.49. The Bertz CT molecular complexity index is 633. The zero-order valence-electron chi connectivity index (χ0n) is 18.2. The molecule has 28 heavy (non-hydrogen) atoms. The number of nitrogens with one attached hydrogen (secondary N) is 2. The first-order valence-electron chi connectivity index (χ1n) is 10.0. The number of benzene rings is 1. The van der Waals surface area contributed by atoms with Crippen LogP contribution in [0.5, 0.6) is 0 Å². The Kier molecular flexibility index (Phi) is 8.95. The van der Waals surface area contributed by atoms with Crippen LogP contribution in [0.4, 0.5) is 4.79 Å². The molecule has 1 atom stereocenters. The lowest BCUT2D eigenvalue weighted by Gasteiger charge is -2.25. The maximum Gasteiger partial charge on any atom is 0.408 e. The summed E-state index contributed by atoms with van der Waals surface area (Å²) in [4.78, 5) is 24.7. The van der Waals surface area contributed by atoms with Crippen LogP contribution in [-0.4, -0.2) is 30.2 Å². The largest absolute Gasteiger partial charge is 0.442 e. The first-order chi connectivity index (χ1) is 13.0. The molecule has 0 aromatic heterocycles. The van der Waals surface area contributed by atoms with E-state index in [9.17, 15) is 9.59 Å². The number of carbonyl (C=O) groups is 2. The molecule has 0 saturated heterocycles. The summed E-state index contributed by atoms with van der Waals surface area (Å²) in [6.45, 7) is 12.6. The van der Waals surface area contributed by atoms with Gasteiger partial charge >= 0.3 is 6.09 Å². The molecule has 0 fully saturated rings. The molecule has 0 bridgehead atoms. The Morgan fingerprint density at radius 2 is 1.71 bits per heavy atom. The predicted molar refractivity (Wildman–Crippen MR) is 113 cm³/mol. The molecule has 0 heterocycles. The van der Waals surface area contributed by atoms with E-state index in [-0.39, 0.29) is 17.9 Å². The van der Waals surface area contributed by atoms with Crippen molar-refractivity contribution in [2.45, 2.75) is 84.4 Å². The summed E-state index contributed by atoms with van der Waals surface area (Å²) < 4.78 is 5.30. The molecule has 0 radical (unpaired) electrons. The first-order valence-corrected chi connectivity index (χ1v) is 10.0. The summed E-state index contributed by atoms with van der Waals surface area (Å²) in [5, 5.41) is 5.59. The number of unbranched alkanes of at least 4 members (excludes halogenated alkanes) is 1. The van der Waals surface area contributed by atoms with Crippen molar-refractivity contribution < 1.29 is 14.3 Å². The molecular formula is C22H37N3O3. The Labute approximate surface area is 169 Å². The molecule has 6 nitrogen and oxygen atoms in total. The minimum atomic E-state index is -0.773. The van der Waals surface area contributed by atoms with Gasteiger partial charge in [-0.3, -0.25) is 4.79 Å². The fourth-order valence-corrected chi connectivity index (χ4v) is 2.58. The van der Waals surface area contributed by atoms with Gasteiger partial charge in [-0.2, -0.15) is 0 Å². The van der Waals surface area contributed by atoms with E-state index >= 15 is 0 Å². The second-order valence-corrected chi connectivity index (χ2v) is 8.86. The van der Waals surface area contributed by atoms with Gasteiger partial charge in [-0.1, -0.05) is 64.8 Å². The summed E-state index contributed by atoms with van der Waals surface area (Å²) in [7, 11) is 0. The van der Waals surface area contributed by atoms with Crippen LogP contribution in [0, 0.1) is 0 Å². The van der Waals surface area contributed by atoms with E-state index < -0.39 is 17.7 Å². The normalized spacial score (nSPS) is 13.0. The number of carbonyl (C=O) groups excluding carboxylic acids is 2. The summed E-state index contributed by atoms with van der Waals surface area (Å²) in [6.07, 6.45) is 1.70. The molecule has 0 aliphatic heterocycles. The third-order valence-electron chi connectivity index (χ3n) is 4.60. The van der Waals surface area contributed by atoms with Crippen molar-refractivity contribution in [1.82, 2.24) is 10.6 Å². The number of alkyl carbamates (subject to hydrolysis) is 1. The molecule has 6 heteroatoms. The van der Waals surface area contributed by atoms with Crippen LogP contribution in [0.15, 0.2) is 24.3 Å². The van der Waals surface area contributed by atoms with Gasteiger partial charge < -0.3 is 21.1 Å². The highest BCUT2D eigenvalue weighted by atomic mass is 16.6. The third-order valence-corrected chi connectivity index (χ3v) is 4.60. The average Bonchev–Trinajstić information content (AvgIpc) is 2.62. The van der Waals surface area contributed by atoms with E-state index in [0.717, 1.165) is 18.4 Å². The molecule has 0 aliphatic rings. The third kappa shape index (κ3) is 8.30. The summed E-state index contributed by atoms with van der Waals surface area (Å²) >= 11 is 0. The van der Waals surface area contributed by atoms with Gasteiger partial charge in [0.1, 0.15) is 11.6 Å². The Morgan fingerprint density at radius 1 is 1.11 bits per heavy atom. The monoisotopic (exact) mass is 391 g/mol. The van der Waals surface area contributed by atoms with Gasteiger partial charge in [0.05, 0.1) is 0 Å². The Balaban J connectivity index is 2.67. The minimum Gasteiger partial charge on any atom is -0.442 e. The van der Waals surface area contributed by atoms with Gasteiger partial charge in [0.2, 0.25) is 5.91 Å². The Hall–Kier alpha value is -2.08. The van der Waals surface area contributed by atoms with Gasteiger partial charge in [0.25, 0.3) is 0 Å². The van der Waals surface area contributed by atoms with Crippen LogP contribution >= 0.6 is 0 Å². The molecule has 2 amide bonds. The van der Waals surface area contributed by atoms with E-state index in [2.05, 4.69) is 43.5 Å². The highest BCUT2D eigenvalue weighted by molar-refractivity contribution is 5.85. The quantitative estimate of drug-likeness (QED) is 0.599. The van der Waals surface area contributed by atoms with E-state index in [4.69, 9.17) is 10.5 Å². The van der Waals surface area contributed by atoms with Gasteiger partial charge in [-0.15, -0.1) is 0 Å². The standard InChI is InChI=1S/C22H37N3O3/c1-7-8-9-18(25-20(27)28-22(5,6)15-23)19(26)24-14-16-10-12-17(13-11-16)21(2,3)4/h10-13,18H,7-9,14-15,23H2,1-6H3,(H,24,26)(H,25,27). The van der Waals surface area contributed by atoms with Gasteiger partial charge in [0.15, 0.2) is 0 Å². The van der Waals surface area contributed by atoms with Gasteiger partial charge in [-0.05, 0) is 36.8 Å². The number of amides is 2. The molecule has 1 aromatic rings. The van der Waals surface area contributed by atoms with Crippen molar-refractivity contribution in [3.05, 3.63) is 35.4 Å². The molecule has 1 aromatic carbocycles. The van der Waals surface area contributed by atoms with Crippen molar-refractivity contribution >= 4 is 12.0 Å². The highest BCUT2D eigenvalue weighted by Crippen LogP contribution is 2.22. The molecule has 158 valence electrons. The van der Waals surface area contributed by atoms with Crippen LogP contribution in [0.1, 0.15) is 71.9 Å². The van der Waals surface area contributed by atoms with Gasteiger partial charge in [-0.25, -0.2) is 4.79 Å². The van der Waals surface area contributed by atoms with Crippen molar-refractivity contribution in [1.29, 1.82) is 0 Å². The molecule has 1 rings (SSSR count). The second kappa shape index (κ2) is 10.5. The van der Waals surface area contributed by atoms with E-state index in [1.807, 2.05) is 19.1 Å². The molecular weight excluding hydrogens is 354 g/mol. The van der Waals surface area contributed by atoms with Crippen LogP contribution < -0.4 is 16.4 Å². The van der Waals surface area contributed by atoms with Crippen molar-refractivity contribution in [2.75, 3.05) is 6.54 Å². The van der Waals surface area contributed by atoms with E-state index in [1.165, 1.54) is 5.56 Å². The van der Waals surface area contributed by atoms with E-state index in [1.54, 1.807) is 13.8 Å². The minimum absolute atomic E-state index is 0.0919. The predicted octanol–water partition coefficient (Wildman–Crippen LogP) is 3.62. The lowest BCUT2D eigenvalue weighted by atomic mass is 9.87. The van der Waals surface area contributed by atoms with Crippen LogP contribution in [0.25, 0.3) is 0 Å². The van der Waals surface area contributed by atoms with Crippen LogP contribution in [0.3, 0.4) is 0 Å². The Morgan fingerprint density at radius 3 is 2.21 bits per heavy atom. The number of rotatable bonds is 9. The van der Waals surface area contributed by atoms with Crippen LogP contribution in [-0.2, 0) is 21.5 Å². The number of hydrogen-bond donors (Lipinski definition) is 3. The zero-order valence-corrected chi connectivity index (χ0v) is 18.2. The number of nitrogens with two attached hydrogens (primary N) is 1. The maximum atomic E-state index is 12.6. The molecule has 0 spiro atoms. The maximum absolute atomic E-state index is 12.6. The number of ether oxygens (including phenoxy) is 1. The molecule has 4 N–H and O–H groups in total. The van der Waals surface area contributed by atoms with Crippen LogP contribution in [0.2, 0.25) is 0 Å². The molecule has 0 aliphatic carbocycles. The summed E-state index contributed by atoms with van der Waals surface area (Å²) in [5.74, 6) is -0.212. The smallest absolute Gasteiger partial charge is 0.408 e. The van der Waals surface area contributed by atoms with E-state index in [0.29, 0.717) is 13.0 Å². The molecule has 1 unspecified atom stereocenters. The molecule has 0 saturated carbocycles.